The van der Waals surface area contributed by atoms with Crippen molar-refractivity contribution in [3.05, 3.63) is 47.6 Å². The number of hydrogen-bond acceptors (Lipinski definition) is 8. The maximum Gasteiger partial charge on any atom is 0.319 e. The third-order valence-corrected chi connectivity index (χ3v) is 10.0. The van der Waals surface area contributed by atoms with E-state index in [1.807, 2.05) is 23.2 Å². The highest BCUT2D eigenvalue weighted by molar-refractivity contribution is 6.35. The molecule has 1 amide bonds. The lowest BCUT2D eigenvalue weighted by atomic mass is 9.87. The number of piperazine rings is 1. The van der Waals surface area contributed by atoms with E-state index in [1.165, 1.54) is 6.08 Å². The molecule has 10 nitrogen and oxygen atoms in total. The molecule has 4 aromatic rings. The maximum atomic E-state index is 12.5. The van der Waals surface area contributed by atoms with E-state index in [1.54, 1.807) is 0 Å². The maximum absolute atomic E-state index is 12.5. The number of carbonyl (C=O) groups excluding carboxylic acids is 1. The molecule has 9 rings (SSSR count). The van der Waals surface area contributed by atoms with Crippen LogP contribution in [-0.4, -0.2) is 93.4 Å². The number of hydrogen-bond donors (Lipinski definition) is 1. The molecule has 4 aliphatic heterocycles. The van der Waals surface area contributed by atoms with Gasteiger partial charge in [0.25, 0.3) is 0 Å². The molecule has 3 atom stereocenters. The summed E-state index contributed by atoms with van der Waals surface area (Å²) in [5.41, 5.74) is 4.48. The standard InChI is InChI=1S/C33H36ClN7O3/c1-4-27(42)41-20-12-21(41)16-40(15-20)32-23-13-25(34)29(28-18(2)7-10-26-24(28)14-35-38-26)31(44-22-8-9-22)30(23)36-33(37-32)43-17-19-6-5-11-39(19)3/h4,7,10,13-14,19-22H,1,5-6,8-9,11-12,15-17H2,2-3H3,(H,35,38)/t19-,20?,21?/m0/s1. The van der Waals surface area contributed by atoms with Crippen LogP contribution in [0.4, 0.5) is 5.82 Å². The highest BCUT2D eigenvalue weighted by Gasteiger charge is 2.47. The van der Waals surface area contributed by atoms with Crippen LogP contribution in [0.1, 0.15) is 37.7 Å². The fraction of sp³-hybridized carbons (Fsp3) is 0.455. The van der Waals surface area contributed by atoms with Crippen molar-refractivity contribution in [3.63, 3.8) is 0 Å². The van der Waals surface area contributed by atoms with Crippen LogP contribution in [-0.2, 0) is 4.79 Å². The molecule has 6 heterocycles. The number of halogens is 1. The second-order valence-corrected chi connectivity index (χ2v) is 13.1. The molecule has 1 N–H and O–H groups in total. The zero-order valence-corrected chi connectivity index (χ0v) is 25.8. The first-order chi connectivity index (χ1) is 21.4. The minimum absolute atomic E-state index is 0.0141. The molecule has 1 aliphatic carbocycles. The van der Waals surface area contributed by atoms with E-state index in [0.29, 0.717) is 48.0 Å². The van der Waals surface area contributed by atoms with Crippen molar-refractivity contribution >= 4 is 45.1 Å². The molecule has 0 spiro atoms. The lowest BCUT2D eigenvalue weighted by Gasteiger charge is -2.56. The van der Waals surface area contributed by atoms with Crippen LogP contribution >= 0.6 is 11.6 Å². The fourth-order valence-corrected chi connectivity index (χ4v) is 7.53. The van der Waals surface area contributed by atoms with Gasteiger partial charge < -0.3 is 24.2 Å². The number of likely N-dealkylation sites (tertiary alicyclic amines) is 1. The number of likely N-dealkylation sites (N-methyl/N-ethyl adjacent to an activating group) is 1. The van der Waals surface area contributed by atoms with Gasteiger partial charge in [-0.15, -0.1) is 0 Å². The quantitative estimate of drug-likeness (QED) is 0.273. The monoisotopic (exact) mass is 613 g/mol. The predicted molar refractivity (Wildman–Crippen MR) is 171 cm³/mol. The molecule has 5 fully saturated rings. The van der Waals surface area contributed by atoms with Crippen LogP contribution in [0, 0.1) is 6.92 Å². The number of aryl methyl sites for hydroxylation is 1. The first-order valence-corrected chi connectivity index (χ1v) is 15.9. The summed E-state index contributed by atoms with van der Waals surface area (Å²) in [5.74, 6) is 1.40. The van der Waals surface area contributed by atoms with Crippen molar-refractivity contribution in [2.75, 3.05) is 38.2 Å². The molecule has 5 aliphatic rings. The number of benzene rings is 2. The Morgan fingerprint density at radius 3 is 2.70 bits per heavy atom. The molecule has 11 heteroatoms. The van der Waals surface area contributed by atoms with Gasteiger partial charge in [0.15, 0.2) is 5.75 Å². The van der Waals surface area contributed by atoms with Crippen molar-refractivity contribution in [3.8, 4) is 22.9 Å². The molecule has 4 saturated heterocycles. The second kappa shape index (κ2) is 10.6. The summed E-state index contributed by atoms with van der Waals surface area (Å²) in [6.07, 6.45) is 8.55. The van der Waals surface area contributed by atoms with Crippen molar-refractivity contribution in [2.24, 2.45) is 0 Å². The van der Waals surface area contributed by atoms with Crippen molar-refractivity contribution in [2.45, 2.75) is 63.3 Å². The third kappa shape index (κ3) is 4.57. The number of rotatable bonds is 8. The van der Waals surface area contributed by atoms with Gasteiger partial charge in [-0.25, -0.2) is 0 Å². The zero-order chi connectivity index (χ0) is 30.1. The zero-order valence-electron chi connectivity index (χ0n) is 25.1. The van der Waals surface area contributed by atoms with Crippen LogP contribution in [0.3, 0.4) is 0 Å². The number of aromatic nitrogens is 4. The molecule has 228 valence electrons. The Labute approximate surface area is 261 Å². The largest absolute Gasteiger partial charge is 0.487 e. The summed E-state index contributed by atoms with van der Waals surface area (Å²) in [6, 6.07) is 6.96. The number of anilines is 1. The number of amides is 1. The van der Waals surface area contributed by atoms with Crippen LogP contribution in [0.25, 0.3) is 32.9 Å². The van der Waals surface area contributed by atoms with Gasteiger partial charge >= 0.3 is 6.01 Å². The first kappa shape index (κ1) is 27.6. The van der Waals surface area contributed by atoms with Gasteiger partial charge in [-0.05, 0) is 76.4 Å². The minimum atomic E-state index is -0.0141. The average Bonchev–Trinajstić information content (AvgIpc) is 3.54. The molecule has 2 aromatic carbocycles. The van der Waals surface area contributed by atoms with Crippen LogP contribution in [0.5, 0.6) is 11.8 Å². The molecule has 2 aromatic heterocycles. The summed E-state index contributed by atoms with van der Waals surface area (Å²) in [5, 5.41) is 9.78. The van der Waals surface area contributed by atoms with Gasteiger partial charge in [-0.1, -0.05) is 24.2 Å². The lowest BCUT2D eigenvalue weighted by molar-refractivity contribution is -0.140. The fourth-order valence-electron chi connectivity index (χ4n) is 7.24. The highest BCUT2D eigenvalue weighted by Crippen LogP contribution is 2.49. The van der Waals surface area contributed by atoms with Crippen molar-refractivity contribution in [1.29, 1.82) is 0 Å². The molecule has 0 radical (unpaired) electrons. The molecule has 2 unspecified atom stereocenters. The summed E-state index contributed by atoms with van der Waals surface area (Å²) in [4.78, 5) is 29.1. The molecule has 44 heavy (non-hydrogen) atoms. The van der Waals surface area contributed by atoms with E-state index in [-0.39, 0.29) is 24.1 Å². The number of aromatic amines is 1. The third-order valence-electron chi connectivity index (χ3n) is 9.75. The van der Waals surface area contributed by atoms with Crippen molar-refractivity contribution < 1.29 is 14.3 Å². The van der Waals surface area contributed by atoms with Crippen LogP contribution in [0.2, 0.25) is 5.02 Å². The Morgan fingerprint density at radius 2 is 1.98 bits per heavy atom. The van der Waals surface area contributed by atoms with Gasteiger partial charge in [0, 0.05) is 41.0 Å². The Bertz CT molecular complexity index is 1790. The predicted octanol–water partition coefficient (Wildman–Crippen LogP) is 5.12. The van der Waals surface area contributed by atoms with Crippen LogP contribution < -0.4 is 14.4 Å². The molecule has 2 bridgehead atoms. The number of nitrogens with zero attached hydrogens (tertiary/aromatic N) is 6. The SMILES string of the molecule is C=CC(=O)N1C2CC1CN(c1nc(OC[C@@H]3CCCN3C)nc3c(OC4CC4)c(-c4c(C)ccc5[nH]ncc45)c(Cl)cc13)C2. The number of piperidine rings is 1. The van der Waals surface area contributed by atoms with Gasteiger partial charge in [0.1, 0.15) is 17.9 Å². The molecular formula is C33H36ClN7O3. The number of nitrogens with one attached hydrogen (secondary N) is 1. The van der Waals surface area contributed by atoms with E-state index < -0.39 is 0 Å². The lowest BCUT2D eigenvalue weighted by Crippen LogP contribution is -2.70. The second-order valence-electron chi connectivity index (χ2n) is 12.7. The average molecular weight is 614 g/mol. The van der Waals surface area contributed by atoms with E-state index in [9.17, 15) is 4.79 Å². The molecular weight excluding hydrogens is 578 g/mol. The molecule has 1 saturated carbocycles. The minimum Gasteiger partial charge on any atom is -0.487 e. The Kier molecular flexibility index (Phi) is 6.68. The van der Waals surface area contributed by atoms with Crippen molar-refractivity contribution in [1.82, 2.24) is 30.0 Å². The smallest absolute Gasteiger partial charge is 0.319 e. The number of H-pyrrole nitrogens is 1. The first-order valence-electron chi connectivity index (χ1n) is 15.6. The summed E-state index contributed by atoms with van der Waals surface area (Å²) < 4.78 is 13.1. The Balaban J connectivity index is 1.29. The normalized spacial score (nSPS) is 23.3. The Morgan fingerprint density at radius 1 is 1.16 bits per heavy atom. The van der Waals surface area contributed by atoms with E-state index in [2.05, 4.69) is 46.6 Å². The van der Waals surface area contributed by atoms with Gasteiger partial charge in [0.2, 0.25) is 5.91 Å². The van der Waals surface area contributed by atoms with Gasteiger partial charge in [-0.2, -0.15) is 15.1 Å². The van der Waals surface area contributed by atoms with E-state index in [4.69, 9.17) is 31.0 Å². The van der Waals surface area contributed by atoms with Crippen LogP contribution in [0.15, 0.2) is 37.1 Å². The highest BCUT2D eigenvalue weighted by atomic mass is 35.5. The van der Waals surface area contributed by atoms with E-state index in [0.717, 1.165) is 77.4 Å². The number of ether oxygens (including phenoxy) is 2. The van der Waals surface area contributed by atoms with Gasteiger partial charge in [0.05, 0.1) is 34.9 Å². The number of fused-ring (bicyclic) bond motifs is 4. The van der Waals surface area contributed by atoms with E-state index >= 15 is 0 Å². The van der Waals surface area contributed by atoms with Gasteiger partial charge in [-0.3, -0.25) is 9.89 Å². The summed E-state index contributed by atoms with van der Waals surface area (Å²) in [6.45, 7) is 8.69. The summed E-state index contributed by atoms with van der Waals surface area (Å²) in [7, 11) is 2.14. The Hall–Kier alpha value is -3.89. The summed E-state index contributed by atoms with van der Waals surface area (Å²) >= 11 is 7.24. The number of carbonyl (C=O) groups is 1. The topological polar surface area (TPSA) is 99.7 Å².